The number of non-ortho nitro benzene ring substituents is 1. The molecule has 1 amide bonds. The van der Waals surface area contributed by atoms with Gasteiger partial charge in [0.15, 0.2) is 5.69 Å². The Morgan fingerprint density at radius 3 is 2.93 bits per heavy atom. The maximum absolute atomic E-state index is 13.3. The molecule has 0 saturated carbocycles. The number of nitro benzene ring substituents is 1. The summed E-state index contributed by atoms with van der Waals surface area (Å²) in [6, 6.07) is 9.69. The molecule has 4 rings (SSSR count). The van der Waals surface area contributed by atoms with Gasteiger partial charge in [0.25, 0.3) is 11.6 Å². The molecule has 0 aliphatic carbocycles. The molecule has 10 heteroatoms. The summed E-state index contributed by atoms with van der Waals surface area (Å²) in [6.45, 7) is 3.56. The normalized spacial score (nSPS) is 16.6. The molecule has 3 aromatic rings. The van der Waals surface area contributed by atoms with E-state index in [1.807, 2.05) is 12.1 Å². The number of pyridine rings is 1. The van der Waals surface area contributed by atoms with Crippen molar-refractivity contribution in [3.63, 3.8) is 0 Å². The van der Waals surface area contributed by atoms with E-state index >= 15 is 0 Å². The van der Waals surface area contributed by atoms with Crippen molar-refractivity contribution >= 4 is 11.6 Å². The number of piperazine rings is 1. The average molecular weight is 393 g/mol. The maximum atomic E-state index is 13.3. The zero-order chi connectivity index (χ0) is 20.4. The molecule has 1 aliphatic rings. The molecule has 1 N–H and O–H groups in total. The number of nitrogens with one attached hydrogen (secondary N) is 1. The first-order chi connectivity index (χ1) is 14.1. The summed E-state index contributed by atoms with van der Waals surface area (Å²) in [5.74, 6) is -0.227. The molecule has 0 bridgehead atoms. The van der Waals surface area contributed by atoms with Gasteiger partial charge in [0.05, 0.1) is 22.3 Å². The Balaban J connectivity index is 1.66. The molecule has 0 radical (unpaired) electrons. The number of hydrogen-bond acceptors (Lipinski definition) is 7. The molecule has 2 aromatic heterocycles. The minimum atomic E-state index is -0.471. The van der Waals surface area contributed by atoms with Gasteiger partial charge in [0.1, 0.15) is 0 Å². The number of aromatic nitrogens is 4. The van der Waals surface area contributed by atoms with E-state index in [1.165, 1.54) is 16.8 Å². The quantitative estimate of drug-likeness (QED) is 0.529. The smallest absolute Gasteiger partial charge is 0.276 e. The summed E-state index contributed by atoms with van der Waals surface area (Å²) in [5.41, 5.74) is 2.12. The summed E-state index contributed by atoms with van der Waals surface area (Å²) in [5, 5.41) is 22.5. The number of nitro groups is 1. The van der Waals surface area contributed by atoms with Crippen molar-refractivity contribution in [2.24, 2.45) is 0 Å². The molecule has 148 valence electrons. The van der Waals surface area contributed by atoms with Gasteiger partial charge < -0.3 is 10.2 Å². The highest BCUT2D eigenvalue weighted by molar-refractivity contribution is 5.93. The van der Waals surface area contributed by atoms with Crippen LogP contribution >= 0.6 is 0 Å². The van der Waals surface area contributed by atoms with E-state index in [-0.39, 0.29) is 23.3 Å². The minimum absolute atomic E-state index is 0.0518. The van der Waals surface area contributed by atoms with Gasteiger partial charge in [0, 0.05) is 44.2 Å². The Bertz CT molecular complexity index is 1050. The van der Waals surface area contributed by atoms with Crippen molar-refractivity contribution in [2.45, 2.75) is 13.0 Å². The zero-order valence-corrected chi connectivity index (χ0v) is 15.7. The molecule has 0 spiro atoms. The van der Waals surface area contributed by atoms with Crippen molar-refractivity contribution in [1.82, 2.24) is 30.2 Å². The fourth-order valence-corrected chi connectivity index (χ4v) is 3.46. The average Bonchev–Trinajstić information content (AvgIpc) is 3.15. The molecule has 1 fully saturated rings. The number of nitrogens with zero attached hydrogens (tertiary/aromatic N) is 6. The van der Waals surface area contributed by atoms with Crippen molar-refractivity contribution in [3.8, 4) is 5.69 Å². The lowest BCUT2D eigenvalue weighted by Crippen LogP contribution is -2.49. The minimum Gasteiger partial charge on any atom is -0.328 e. The topological polar surface area (TPSA) is 119 Å². The maximum Gasteiger partial charge on any atom is 0.276 e. The first-order valence-electron chi connectivity index (χ1n) is 9.15. The molecule has 3 heterocycles. The van der Waals surface area contributed by atoms with Gasteiger partial charge in [-0.05, 0) is 24.6 Å². The van der Waals surface area contributed by atoms with Gasteiger partial charge >= 0.3 is 0 Å². The largest absolute Gasteiger partial charge is 0.328 e. The monoisotopic (exact) mass is 393 g/mol. The molecule has 1 atom stereocenters. The van der Waals surface area contributed by atoms with Crippen molar-refractivity contribution in [2.75, 3.05) is 19.6 Å². The van der Waals surface area contributed by atoms with Crippen LogP contribution in [0, 0.1) is 17.0 Å². The van der Waals surface area contributed by atoms with Gasteiger partial charge in [-0.2, -0.15) is 0 Å². The Labute approximate surface area is 166 Å². The van der Waals surface area contributed by atoms with E-state index in [2.05, 4.69) is 20.6 Å². The second-order valence-corrected chi connectivity index (χ2v) is 6.72. The van der Waals surface area contributed by atoms with Crippen LogP contribution in [0.25, 0.3) is 5.69 Å². The number of rotatable bonds is 4. The predicted molar refractivity (Wildman–Crippen MR) is 104 cm³/mol. The summed E-state index contributed by atoms with van der Waals surface area (Å²) in [7, 11) is 0. The van der Waals surface area contributed by atoms with Crippen LogP contribution in [0.2, 0.25) is 0 Å². The number of amides is 1. The molecule has 1 aliphatic heterocycles. The lowest BCUT2D eigenvalue weighted by Gasteiger charge is -2.36. The molecule has 1 saturated heterocycles. The van der Waals surface area contributed by atoms with E-state index in [0.29, 0.717) is 31.0 Å². The van der Waals surface area contributed by atoms with E-state index in [1.54, 1.807) is 36.4 Å². The number of carbonyl (C=O) groups is 1. The second kappa shape index (κ2) is 7.76. The number of hydrogen-bond donors (Lipinski definition) is 1. The van der Waals surface area contributed by atoms with Gasteiger partial charge in [-0.15, -0.1) is 5.10 Å². The van der Waals surface area contributed by atoms with Crippen LogP contribution in [0.3, 0.4) is 0 Å². The highest BCUT2D eigenvalue weighted by Gasteiger charge is 2.31. The third-order valence-corrected chi connectivity index (χ3v) is 4.96. The third kappa shape index (κ3) is 3.57. The first kappa shape index (κ1) is 18.7. The van der Waals surface area contributed by atoms with Crippen LogP contribution in [0.5, 0.6) is 0 Å². The predicted octanol–water partition coefficient (Wildman–Crippen LogP) is 1.67. The van der Waals surface area contributed by atoms with Gasteiger partial charge in [-0.1, -0.05) is 17.3 Å². The molecular formula is C19H19N7O3. The summed E-state index contributed by atoms with van der Waals surface area (Å²) in [6.07, 6.45) is 3.45. The molecule has 10 nitrogen and oxygen atoms in total. The lowest BCUT2D eigenvalue weighted by atomic mass is 10.0. The van der Waals surface area contributed by atoms with Crippen LogP contribution < -0.4 is 5.32 Å². The lowest BCUT2D eigenvalue weighted by molar-refractivity contribution is -0.384. The highest BCUT2D eigenvalue weighted by Crippen LogP contribution is 2.25. The highest BCUT2D eigenvalue weighted by atomic mass is 16.6. The fraction of sp³-hybridized carbons (Fsp3) is 0.263. The van der Waals surface area contributed by atoms with Crippen molar-refractivity contribution < 1.29 is 9.72 Å². The number of benzene rings is 1. The second-order valence-electron chi connectivity index (χ2n) is 6.72. The fourth-order valence-electron chi connectivity index (χ4n) is 3.46. The third-order valence-electron chi connectivity index (χ3n) is 4.96. The Hall–Kier alpha value is -3.66. The van der Waals surface area contributed by atoms with Crippen molar-refractivity contribution in [3.05, 3.63) is 75.9 Å². The number of carbonyl (C=O) groups excluding carboxylic acids is 1. The molecular weight excluding hydrogens is 374 g/mol. The zero-order valence-electron chi connectivity index (χ0n) is 15.7. The van der Waals surface area contributed by atoms with E-state index in [4.69, 9.17) is 0 Å². The van der Waals surface area contributed by atoms with Crippen LogP contribution in [0.15, 0.2) is 48.8 Å². The molecule has 29 heavy (non-hydrogen) atoms. The summed E-state index contributed by atoms with van der Waals surface area (Å²) in [4.78, 5) is 29.8. The Kier molecular flexibility index (Phi) is 5.00. The summed E-state index contributed by atoms with van der Waals surface area (Å²) < 4.78 is 1.45. The van der Waals surface area contributed by atoms with E-state index < -0.39 is 4.92 Å². The Morgan fingerprint density at radius 1 is 1.31 bits per heavy atom. The van der Waals surface area contributed by atoms with E-state index in [9.17, 15) is 14.9 Å². The van der Waals surface area contributed by atoms with Crippen LogP contribution in [0.4, 0.5) is 5.69 Å². The van der Waals surface area contributed by atoms with Crippen LogP contribution in [-0.4, -0.2) is 55.3 Å². The van der Waals surface area contributed by atoms with Gasteiger partial charge in [-0.25, -0.2) is 4.68 Å². The van der Waals surface area contributed by atoms with Crippen LogP contribution in [-0.2, 0) is 0 Å². The molecule has 1 aromatic carbocycles. The standard InChI is InChI=1S/C19H19N7O3/c1-13-18(22-23-25(13)15-5-2-6-16(10-15)26(28)29)19(27)24-9-8-21-12-17(24)14-4-3-7-20-11-14/h2-7,10-11,17,21H,8-9,12H2,1H3. The van der Waals surface area contributed by atoms with Crippen molar-refractivity contribution in [1.29, 1.82) is 0 Å². The SMILES string of the molecule is Cc1c(C(=O)N2CCNCC2c2cccnc2)nnn1-c1cccc([N+](=O)[O-])c1. The first-order valence-corrected chi connectivity index (χ1v) is 9.15. The van der Waals surface area contributed by atoms with Gasteiger partial charge in [-0.3, -0.25) is 19.9 Å². The van der Waals surface area contributed by atoms with Gasteiger partial charge in [0.2, 0.25) is 0 Å². The summed E-state index contributed by atoms with van der Waals surface area (Å²) >= 11 is 0. The molecule has 1 unspecified atom stereocenters. The van der Waals surface area contributed by atoms with E-state index in [0.717, 1.165) is 5.56 Å². The Morgan fingerprint density at radius 2 is 2.17 bits per heavy atom. The van der Waals surface area contributed by atoms with Crippen LogP contribution in [0.1, 0.15) is 27.8 Å².